The molecule has 2 aromatic heterocycles. The molecular weight excluding hydrogens is 232 g/mol. The standard InChI is InChI=1S/C12H14N4O2/c1-18-5-3-8-12(17)16-9-6-14-11-7(2-4-13-11)10(9)15-8/h2,4,6,8,15H,3,5H2,1H3,(H,13,14)(H,16,17)/t8-/m1/s1. The number of aromatic amines is 1. The van der Waals surface area contributed by atoms with Gasteiger partial charge in [0.25, 0.3) is 0 Å². The third-order valence-corrected chi connectivity index (χ3v) is 3.09. The largest absolute Gasteiger partial charge is 0.385 e. The normalized spacial score (nSPS) is 18.3. The molecule has 1 aliphatic rings. The number of hydrogen-bond donors (Lipinski definition) is 3. The minimum atomic E-state index is -0.266. The quantitative estimate of drug-likeness (QED) is 0.763. The fourth-order valence-electron chi connectivity index (χ4n) is 2.16. The van der Waals surface area contributed by atoms with E-state index in [9.17, 15) is 4.79 Å². The van der Waals surface area contributed by atoms with Gasteiger partial charge in [0.2, 0.25) is 5.91 Å². The molecule has 3 N–H and O–H groups in total. The number of fused-ring (bicyclic) bond motifs is 3. The van der Waals surface area contributed by atoms with E-state index in [1.54, 1.807) is 13.3 Å². The van der Waals surface area contributed by atoms with Crippen LogP contribution in [-0.4, -0.2) is 35.6 Å². The van der Waals surface area contributed by atoms with Crippen molar-refractivity contribution in [3.63, 3.8) is 0 Å². The molecule has 0 saturated carbocycles. The van der Waals surface area contributed by atoms with Gasteiger partial charge >= 0.3 is 0 Å². The van der Waals surface area contributed by atoms with Crippen LogP contribution in [0.5, 0.6) is 0 Å². The average Bonchev–Trinajstić information content (AvgIpc) is 2.84. The van der Waals surface area contributed by atoms with E-state index in [4.69, 9.17) is 4.74 Å². The monoisotopic (exact) mass is 246 g/mol. The summed E-state index contributed by atoms with van der Waals surface area (Å²) < 4.78 is 5.01. The zero-order valence-electron chi connectivity index (χ0n) is 9.99. The van der Waals surface area contributed by atoms with Crippen LogP contribution in [0.25, 0.3) is 11.0 Å². The summed E-state index contributed by atoms with van der Waals surface area (Å²) in [4.78, 5) is 19.2. The number of pyridine rings is 1. The number of aromatic nitrogens is 2. The van der Waals surface area contributed by atoms with Crippen molar-refractivity contribution in [2.24, 2.45) is 0 Å². The molecule has 0 radical (unpaired) electrons. The number of ether oxygens (including phenoxy) is 1. The Morgan fingerprint density at radius 3 is 3.22 bits per heavy atom. The first-order valence-electron chi connectivity index (χ1n) is 5.82. The minimum Gasteiger partial charge on any atom is -0.385 e. The molecule has 6 nitrogen and oxygen atoms in total. The van der Waals surface area contributed by atoms with Gasteiger partial charge in [-0.1, -0.05) is 0 Å². The number of carbonyl (C=O) groups excluding carboxylic acids is 1. The molecule has 2 aromatic rings. The summed E-state index contributed by atoms with van der Waals surface area (Å²) in [5.41, 5.74) is 2.45. The number of hydrogen-bond acceptors (Lipinski definition) is 4. The van der Waals surface area contributed by atoms with Gasteiger partial charge in [0.1, 0.15) is 11.7 Å². The van der Waals surface area contributed by atoms with Crippen LogP contribution >= 0.6 is 0 Å². The smallest absolute Gasteiger partial charge is 0.247 e. The number of methoxy groups -OCH3 is 1. The summed E-state index contributed by atoms with van der Waals surface area (Å²) in [6.07, 6.45) is 4.13. The molecule has 94 valence electrons. The number of H-pyrrole nitrogens is 1. The molecule has 1 atom stereocenters. The second-order valence-corrected chi connectivity index (χ2v) is 4.25. The van der Waals surface area contributed by atoms with Crippen molar-refractivity contribution in [2.75, 3.05) is 24.4 Å². The lowest BCUT2D eigenvalue weighted by Crippen LogP contribution is -2.39. The SMILES string of the molecule is COCC[C@H]1Nc2c(cnc3[nH]ccc23)NC1=O. The van der Waals surface area contributed by atoms with E-state index in [0.29, 0.717) is 13.0 Å². The first kappa shape index (κ1) is 11.0. The Morgan fingerprint density at radius 2 is 2.39 bits per heavy atom. The van der Waals surface area contributed by atoms with Crippen LogP contribution in [0.15, 0.2) is 18.5 Å². The third-order valence-electron chi connectivity index (χ3n) is 3.09. The summed E-state index contributed by atoms with van der Waals surface area (Å²) in [5, 5.41) is 7.11. The molecule has 3 heterocycles. The maximum absolute atomic E-state index is 11.9. The molecule has 1 amide bonds. The average molecular weight is 246 g/mol. The lowest BCUT2D eigenvalue weighted by atomic mass is 10.1. The number of nitrogens with one attached hydrogen (secondary N) is 3. The van der Waals surface area contributed by atoms with Crippen molar-refractivity contribution in [3.05, 3.63) is 18.5 Å². The molecule has 1 aliphatic heterocycles. The molecule has 0 saturated heterocycles. The van der Waals surface area contributed by atoms with Crippen LogP contribution in [0.2, 0.25) is 0 Å². The number of anilines is 2. The molecular formula is C12H14N4O2. The van der Waals surface area contributed by atoms with Gasteiger partial charge in [-0.25, -0.2) is 4.98 Å². The van der Waals surface area contributed by atoms with Crippen LogP contribution in [0.3, 0.4) is 0 Å². The van der Waals surface area contributed by atoms with Crippen molar-refractivity contribution >= 4 is 28.3 Å². The zero-order valence-corrected chi connectivity index (χ0v) is 9.99. The van der Waals surface area contributed by atoms with Gasteiger partial charge in [-0.05, 0) is 12.5 Å². The molecule has 3 rings (SSSR count). The predicted octanol–water partition coefficient (Wildman–Crippen LogP) is 1.33. The van der Waals surface area contributed by atoms with Crippen molar-refractivity contribution in [1.82, 2.24) is 9.97 Å². The van der Waals surface area contributed by atoms with Crippen LogP contribution in [0, 0.1) is 0 Å². The number of amides is 1. The second kappa shape index (κ2) is 4.30. The van der Waals surface area contributed by atoms with Crippen molar-refractivity contribution in [3.8, 4) is 0 Å². The molecule has 0 aliphatic carbocycles. The van der Waals surface area contributed by atoms with E-state index in [1.807, 2.05) is 12.3 Å². The lowest BCUT2D eigenvalue weighted by molar-refractivity contribution is -0.117. The highest BCUT2D eigenvalue weighted by Crippen LogP contribution is 2.33. The summed E-state index contributed by atoms with van der Waals surface area (Å²) in [6, 6.07) is 1.68. The Bertz CT molecular complexity index is 593. The minimum absolute atomic E-state index is 0.0452. The fraction of sp³-hybridized carbons (Fsp3) is 0.333. The van der Waals surface area contributed by atoms with E-state index in [-0.39, 0.29) is 11.9 Å². The number of rotatable bonds is 3. The highest BCUT2D eigenvalue weighted by Gasteiger charge is 2.26. The lowest BCUT2D eigenvalue weighted by Gasteiger charge is -2.26. The Morgan fingerprint density at radius 1 is 1.50 bits per heavy atom. The molecule has 18 heavy (non-hydrogen) atoms. The van der Waals surface area contributed by atoms with Gasteiger partial charge in [-0.2, -0.15) is 0 Å². The van der Waals surface area contributed by atoms with E-state index in [0.717, 1.165) is 22.4 Å². The Balaban J connectivity index is 1.97. The van der Waals surface area contributed by atoms with Crippen molar-refractivity contribution in [1.29, 1.82) is 0 Å². The number of nitrogens with zero attached hydrogens (tertiary/aromatic N) is 1. The summed E-state index contributed by atoms with van der Waals surface area (Å²) >= 11 is 0. The maximum atomic E-state index is 11.9. The highest BCUT2D eigenvalue weighted by atomic mass is 16.5. The highest BCUT2D eigenvalue weighted by molar-refractivity contribution is 6.09. The van der Waals surface area contributed by atoms with Gasteiger partial charge in [0, 0.05) is 25.3 Å². The Kier molecular flexibility index (Phi) is 2.64. The molecule has 0 aromatic carbocycles. The van der Waals surface area contributed by atoms with Crippen LogP contribution in [0.1, 0.15) is 6.42 Å². The molecule has 6 heteroatoms. The first-order valence-corrected chi connectivity index (χ1v) is 5.82. The van der Waals surface area contributed by atoms with E-state index < -0.39 is 0 Å². The van der Waals surface area contributed by atoms with E-state index in [2.05, 4.69) is 20.6 Å². The van der Waals surface area contributed by atoms with E-state index in [1.165, 1.54) is 0 Å². The third kappa shape index (κ3) is 1.70. The summed E-state index contributed by atoms with van der Waals surface area (Å²) in [7, 11) is 1.63. The van der Waals surface area contributed by atoms with Crippen molar-refractivity contribution in [2.45, 2.75) is 12.5 Å². The fourth-order valence-corrected chi connectivity index (χ4v) is 2.16. The number of carbonyl (C=O) groups is 1. The molecule has 0 spiro atoms. The van der Waals surface area contributed by atoms with Gasteiger partial charge in [0.05, 0.1) is 17.6 Å². The van der Waals surface area contributed by atoms with Crippen molar-refractivity contribution < 1.29 is 9.53 Å². The molecule has 0 bridgehead atoms. The zero-order chi connectivity index (χ0) is 12.5. The van der Waals surface area contributed by atoms with Crippen LogP contribution < -0.4 is 10.6 Å². The second-order valence-electron chi connectivity index (χ2n) is 4.25. The van der Waals surface area contributed by atoms with E-state index >= 15 is 0 Å². The maximum Gasteiger partial charge on any atom is 0.247 e. The molecule has 0 unspecified atom stereocenters. The van der Waals surface area contributed by atoms with Gasteiger partial charge in [-0.15, -0.1) is 0 Å². The van der Waals surface area contributed by atoms with Gasteiger partial charge < -0.3 is 20.4 Å². The summed E-state index contributed by atoms with van der Waals surface area (Å²) in [5.74, 6) is -0.0452. The van der Waals surface area contributed by atoms with Gasteiger partial charge in [-0.3, -0.25) is 4.79 Å². The summed E-state index contributed by atoms with van der Waals surface area (Å²) in [6.45, 7) is 0.543. The van der Waals surface area contributed by atoms with Gasteiger partial charge in [0.15, 0.2) is 0 Å². The predicted molar refractivity (Wildman–Crippen MR) is 68.6 cm³/mol. The van der Waals surface area contributed by atoms with Crippen LogP contribution in [-0.2, 0) is 9.53 Å². The molecule has 0 fully saturated rings. The Hall–Kier alpha value is -2.08. The Labute approximate surface area is 104 Å². The topological polar surface area (TPSA) is 79.0 Å². The van der Waals surface area contributed by atoms with Crippen LogP contribution in [0.4, 0.5) is 11.4 Å². The first-order chi connectivity index (χ1) is 8.79.